The van der Waals surface area contributed by atoms with Crippen LogP contribution in [0.5, 0.6) is 17.2 Å². The Morgan fingerprint density at radius 3 is 3.00 bits per heavy atom. The Bertz CT molecular complexity index is 595. The maximum Gasteiger partial charge on any atom is 0.164 e. The van der Waals surface area contributed by atoms with E-state index in [1.165, 1.54) is 11.8 Å². The number of pyridine rings is 1. The Balaban J connectivity index is 1.74. The fraction of sp³-hybridized carbons (Fsp3) is 0.312. The molecule has 0 unspecified atom stereocenters. The van der Waals surface area contributed by atoms with Gasteiger partial charge in [0.1, 0.15) is 5.75 Å². The molecule has 20 heavy (non-hydrogen) atoms. The smallest absolute Gasteiger partial charge is 0.164 e. The van der Waals surface area contributed by atoms with Crippen molar-refractivity contribution in [2.24, 2.45) is 5.92 Å². The van der Waals surface area contributed by atoms with Crippen LogP contribution < -0.4 is 9.47 Å². The molecule has 0 bridgehead atoms. The minimum atomic E-state index is 0.198. The molecule has 1 aromatic heterocycles. The van der Waals surface area contributed by atoms with Gasteiger partial charge in [0.25, 0.3) is 0 Å². The molecule has 1 atom stereocenters. The summed E-state index contributed by atoms with van der Waals surface area (Å²) in [5, 5.41) is 9.25. The highest BCUT2D eigenvalue weighted by atomic mass is 16.5. The highest BCUT2D eigenvalue weighted by Crippen LogP contribution is 2.36. The number of rotatable bonds is 3. The van der Waals surface area contributed by atoms with Gasteiger partial charge < -0.3 is 14.6 Å². The van der Waals surface area contributed by atoms with E-state index in [9.17, 15) is 5.11 Å². The predicted octanol–water partition coefficient (Wildman–Crippen LogP) is 2.59. The van der Waals surface area contributed by atoms with Crippen LogP contribution in [0.3, 0.4) is 0 Å². The first-order valence-electron chi connectivity index (χ1n) is 6.69. The predicted molar refractivity (Wildman–Crippen MR) is 75.3 cm³/mol. The van der Waals surface area contributed by atoms with Gasteiger partial charge >= 0.3 is 0 Å². The van der Waals surface area contributed by atoms with Crippen molar-refractivity contribution in [3.63, 3.8) is 0 Å². The molecule has 104 valence electrons. The van der Waals surface area contributed by atoms with Crippen molar-refractivity contribution in [1.82, 2.24) is 4.98 Å². The largest absolute Gasteiger partial charge is 0.506 e. The second-order valence-electron chi connectivity index (χ2n) is 5.04. The van der Waals surface area contributed by atoms with E-state index in [0.29, 0.717) is 12.5 Å². The van der Waals surface area contributed by atoms with Crippen molar-refractivity contribution in [3.05, 3.63) is 47.8 Å². The van der Waals surface area contributed by atoms with Crippen LogP contribution in [0.4, 0.5) is 0 Å². The molecular weight excluding hydrogens is 254 g/mol. The molecule has 1 N–H and O–H groups in total. The average molecular weight is 271 g/mol. The van der Waals surface area contributed by atoms with Crippen LogP contribution >= 0.6 is 0 Å². The molecular formula is C16H17NO3. The third-order valence-corrected chi connectivity index (χ3v) is 3.56. The van der Waals surface area contributed by atoms with Crippen LogP contribution in [-0.4, -0.2) is 23.8 Å². The molecule has 4 heteroatoms. The van der Waals surface area contributed by atoms with E-state index in [2.05, 4.69) is 11.1 Å². The highest BCUT2D eigenvalue weighted by Gasteiger charge is 2.23. The first kappa shape index (κ1) is 12.8. The van der Waals surface area contributed by atoms with Crippen molar-refractivity contribution in [2.45, 2.75) is 12.8 Å². The number of methoxy groups -OCH3 is 1. The number of nitrogens with zero attached hydrogens (tertiary/aromatic N) is 1. The lowest BCUT2D eigenvalue weighted by Gasteiger charge is -2.26. The second-order valence-corrected chi connectivity index (χ2v) is 5.04. The first-order valence-corrected chi connectivity index (χ1v) is 6.69. The molecule has 0 fully saturated rings. The topological polar surface area (TPSA) is 51.6 Å². The lowest BCUT2D eigenvalue weighted by Crippen LogP contribution is -2.23. The molecule has 0 radical (unpaired) electrons. The summed E-state index contributed by atoms with van der Waals surface area (Å²) in [5.41, 5.74) is 2.15. The van der Waals surface area contributed by atoms with Crippen LogP contribution in [0, 0.1) is 5.92 Å². The molecule has 2 heterocycles. The van der Waals surface area contributed by atoms with E-state index >= 15 is 0 Å². The zero-order chi connectivity index (χ0) is 13.9. The Labute approximate surface area is 118 Å². The summed E-state index contributed by atoms with van der Waals surface area (Å²) in [7, 11) is 1.66. The normalized spacial score (nSPS) is 17.1. The summed E-state index contributed by atoms with van der Waals surface area (Å²) < 4.78 is 11.2. The quantitative estimate of drug-likeness (QED) is 0.932. The standard InChI is InChI=1S/C16H17NO3/c1-19-15-4-2-3-12-7-11(10-20-16(12)15)8-13-5-6-14(18)9-17-13/h2-6,9,11,18H,7-8,10H2,1H3/t11-/m1/s1. The monoisotopic (exact) mass is 271 g/mol. The van der Waals surface area contributed by atoms with Gasteiger partial charge in [-0.1, -0.05) is 12.1 Å². The third kappa shape index (κ3) is 2.54. The zero-order valence-electron chi connectivity index (χ0n) is 11.4. The molecule has 1 aliphatic heterocycles. The Morgan fingerprint density at radius 2 is 2.25 bits per heavy atom. The van der Waals surface area contributed by atoms with Crippen molar-refractivity contribution in [2.75, 3.05) is 13.7 Å². The number of hydrogen-bond acceptors (Lipinski definition) is 4. The lowest BCUT2D eigenvalue weighted by molar-refractivity contribution is 0.210. The van der Waals surface area contributed by atoms with Crippen LogP contribution in [0.25, 0.3) is 0 Å². The molecule has 0 spiro atoms. The lowest BCUT2D eigenvalue weighted by atomic mass is 9.92. The van der Waals surface area contributed by atoms with Crippen LogP contribution in [0.15, 0.2) is 36.5 Å². The Hall–Kier alpha value is -2.23. The number of aromatic hydroxyl groups is 1. The van der Waals surface area contributed by atoms with E-state index in [1.54, 1.807) is 13.2 Å². The SMILES string of the molecule is COc1cccc2c1OC[C@@H](Cc1ccc(O)cn1)C2. The van der Waals surface area contributed by atoms with Gasteiger partial charge in [0.2, 0.25) is 0 Å². The number of ether oxygens (including phenoxy) is 2. The fourth-order valence-electron chi connectivity index (χ4n) is 2.58. The fourth-order valence-corrected chi connectivity index (χ4v) is 2.58. The first-order chi connectivity index (χ1) is 9.76. The van der Waals surface area contributed by atoms with Gasteiger partial charge in [0, 0.05) is 11.6 Å². The number of fused-ring (bicyclic) bond motifs is 1. The van der Waals surface area contributed by atoms with E-state index in [1.807, 2.05) is 18.2 Å². The van der Waals surface area contributed by atoms with Crippen molar-refractivity contribution >= 4 is 0 Å². The summed E-state index contributed by atoms with van der Waals surface area (Å²) in [6.07, 6.45) is 3.28. The van der Waals surface area contributed by atoms with Gasteiger partial charge in [-0.15, -0.1) is 0 Å². The number of aromatic nitrogens is 1. The summed E-state index contributed by atoms with van der Waals surface area (Å²) in [5.74, 6) is 2.25. The van der Waals surface area contributed by atoms with Crippen molar-refractivity contribution < 1.29 is 14.6 Å². The minimum absolute atomic E-state index is 0.198. The number of para-hydroxylation sites is 1. The van der Waals surface area contributed by atoms with Gasteiger partial charge in [-0.3, -0.25) is 4.98 Å². The van der Waals surface area contributed by atoms with E-state index in [0.717, 1.165) is 30.0 Å². The summed E-state index contributed by atoms with van der Waals surface area (Å²) >= 11 is 0. The summed E-state index contributed by atoms with van der Waals surface area (Å²) in [4.78, 5) is 4.23. The summed E-state index contributed by atoms with van der Waals surface area (Å²) in [6.45, 7) is 0.663. The molecule has 4 nitrogen and oxygen atoms in total. The molecule has 2 aromatic rings. The van der Waals surface area contributed by atoms with Gasteiger partial charge in [-0.25, -0.2) is 0 Å². The molecule has 1 aromatic carbocycles. The molecule has 0 aliphatic carbocycles. The Kier molecular flexibility index (Phi) is 3.46. The van der Waals surface area contributed by atoms with Gasteiger partial charge in [0.05, 0.1) is 19.9 Å². The van der Waals surface area contributed by atoms with E-state index in [4.69, 9.17) is 9.47 Å². The van der Waals surface area contributed by atoms with Crippen molar-refractivity contribution in [3.8, 4) is 17.2 Å². The third-order valence-electron chi connectivity index (χ3n) is 3.56. The van der Waals surface area contributed by atoms with Crippen molar-refractivity contribution in [1.29, 1.82) is 0 Å². The molecule has 0 amide bonds. The van der Waals surface area contributed by atoms with Gasteiger partial charge in [-0.2, -0.15) is 0 Å². The summed E-state index contributed by atoms with van der Waals surface area (Å²) in [6, 6.07) is 9.51. The average Bonchev–Trinajstić information content (AvgIpc) is 2.49. The van der Waals surface area contributed by atoms with Crippen LogP contribution in [0.1, 0.15) is 11.3 Å². The molecule has 0 saturated carbocycles. The maximum atomic E-state index is 9.25. The zero-order valence-corrected chi connectivity index (χ0v) is 11.4. The molecule has 3 rings (SSSR count). The Morgan fingerprint density at radius 1 is 1.35 bits per heavy atom. The van der Waals surface area contributed by atoms with E-state index < -0.39 is 0 Å². The molecule has 0 saturated heterocycles. The minimum Gasteiger partial charge on any atom is -0.506 e. The van der Waals surface area contributed by atoms with Gasteiger partial charge in [0.15, 0.2) is 11.5 Å². The van der Waals surface area contributed by atoms with Crippen LogP contribution in [0.2, 0.25) is 0 Å². The second kappa shape index (κ2) is 5.41. The number of hydrogen-bond donors (Lipinski definition) is 1. The molecule has 1 aliphatic rings. The highest BCUT2D eigenvalue weighted by molar-refractivity contribution is 5.47. The number of benzene rings is 1. The maximum absolute atomic E-state index is 9.25. The van der Waals surface area contributed by atoms with Crippen LogP contribution in [-0.2, 0) is 12.8 Å². The van der Waals surface area contributed by atoms with E-state index in [-0.39, 0.29) is 5.75 Å². The van der Waals surface area contributed by atoms with Gasteiger partial charge in [-0.05, 0) is 36.6 Å².